The molecule has 0 aliphatic carbocycles. The molecule has 0 aromatic rings. The van der Waals surface area contributed by atoms with Gasteiger partial charge in [-0.05, 0) is 0 Å². The van der Waals surface area contributed by atoms with E-state index in [-0.39, 0.29) is 11.8 Å². The number of hydrogen-bond acceptors (Lipinski definition) is 4. The van der Waals surface area contributed by atoms with Crippen LogP contribution in [0, 0.1) is 11.8 Å². The first-order chi connectivity index (χ1) is 6.45. The Balaban J connectivity index is 3.47. The van der Waals surface area contributed by atoms with Gasteiger partial charge in [-0.25, -0.2) is 0 Å². The molecule has 0 radical (unpaired) electrons. The quantitative estimate of drug-likeness (QED) is 0.520. The highest BCUT2D eigenvalue weighted by molar-refractivity contribution is 8.76. The third-order valence-electron chi connectivity index (χ3n) is 1.56. The van der Waals surface area contributed by atoms with Gasteiger partial charge in [0.15, 0.2) is 0 Å². The van der Waals surface area contributed by atoms with Crippen LogP contribution >= 0.6 is 21.6 Å². The zero-order chi connectivity index (χ0) is 11.1. The van der Waals surface area contributed by atoms with E-state index in [9.17, 15) is 9.59 Å². The van der Waals surface area contributed by atoms with Crippen LogP contribution in [0.5, 0.6) is 0 Å². The average Bonchev–Trinajstić information content (AvgIpc) is 2.11. The standard InChI is InChI=1S/C8H14O4S2/c1-5(7(9)10)3-13-14-4-6(2)8(11)12/h5-6H,3-4H2,1-2H3,(H,9,10)(H,11,12)/t5-,6-/m0/s1. The highest BCUT2D eigenvalue weighted by Gasteiger charge is 2.13. The maximum absolute atomic E-state index is 10.4. The second kappa shape index (κ2) is 7.00. The molecule has 0 amide bonds. The minimum atomic E-state index is -0.815. The lowest BCUT2D eigenvalue weighted by Gasteiger charge is -2.06. The summed E-state index contributed by atoms with van der Waals surface area (Å²) >= 11 is 0. The Bertz CT molecular complexity index is 186. The van der Waals surface area contributed by atoms with Gasteiger partial charge in [0.05, 0.1) is 11.8 Å². The zero-order valence-electron chi connectivity index (χ0n) is 8.10. The Kier molecular flexibility index (Phi) is 6.82. The summed E-state index contributed by atoms with van der Waals surface area (Å²) in [6.45, 7) is 3.27. The van der Waals surface area contributed by atoms with Crippen molar-refractivity contribution in [3.63, 3.8) is 0 Å². The summed E-state index contributed by atoms with van der Waals surface area (Å²) < 4.78 is 0. The zero-order valence-corrected chi connectivity index (χ0v) is 9.73. The van der Waals surface area contributed by atoms with Crippen molar-refractivity contribution in [2.24, 2.45) is 11.8 Å². The Hall–Kier alpha value is -0.360. The maximum atomic E-state index is 10.4. The summed E-state index contributed by atoms with van der Waals surface area (Å²) in [5, 5.41) is 17.1. The Morgan fingerprint density at radius 2 is 1.29 bits per heavy atom. The number of hydrogen-bond donors (Lipinski definition) is 2. The van der Waals surface area contributed by atoms with Crippen LogP contribution in [0.15, 0.2) is 0 Å². The molecule has 2 N–H and O–H groups in total. The van der Waals surface area contributed by atoms with E-state index in [1.54, 1.807) is 13.8 Å². The molecule has 4 nitrogen and oxygen atoms in total. The molecule has 0 aromatic heterocycles. The molecule has 2 atom stereocenters. The molecule has 0 heterocycles. The van der Waals surface area contributed by atoms with Gasteiger partial charge in [0.25, 0.3) is 0 Å². The van der Waals surface area contributed by atoms with Crippen molar-refractivity contribution in [1.29, 1.82) is 0 Å². The van der Waals surface area contributed by atoms with Crippen LogP contribution in [0.2, 0.25) is 0 Å². The summed E-state index contributed by atoms with van der Waals surface area (Å²) in [7, 11) is 2.82. The average molecular weight is 238 g/mol. The van der Waals surface area contributed by atoms with Gasteiger partial charge in [0, 0.05) is 11.5 Å². The SMILES string of the molecule is C[C@@H](CSSC[C@H](C)C(=O)O)C(=O)O. The summed E-state index contributed by atoms with van der Waals surface area (Å²) in [5.41, 5.74) is 0. The molecule has 0 bridgehead atoms. The molecule has 0 spiro atoms. The molecule has 0 unspecified atom stereocenters. The van der Waals surface area contributed by atoms with Crippen LogP contribution in [0.25, 0.3) is 0 Å². The Morgan fingerprint density at radius 3 is 1.50 bits per heavy atom. The lowest BCUT2D eigenvalue weighted by Crippen LogP contribution is -2.13. The molecule has 0 fully saturated rings. The minimum Gasteiger partial charge on any atom is -0.481 e. The van der Waals surface area contributed by atoms with Crippen molar-refractivity contribution in [2.75, 3.05) is 11.5 Å². The first-order valence-corrected chi connectivity index (χ1v) is 6.64. The first-order valence-electron chi connectivity index (χ1n) is 4.15. The third-order valence-corrected chi connectivity index (χ3v) is 4.32. The van der Waals surface area contributed by atoms with Crippen molar-refractivity contribution >= 4 is 33.5 Å². The van der Waals surface area contributed by atoms with Crippen LogP contribution in [-0.4, -0.2) is 33.7 Å². The highest BCUT2D eigenvalue weighted by Crippen LogP contribution is 2.26. The van der Waals surface area contributed by atoms with Crippen LogP contribution in [0.1, 0.15) is 13.8 Å². The lowest BCUT2D eigenvalue weighted by molar-refractivity contribution is -0.141. The number of carboxylic acids is 2. The van der Waals surface area contributed by atoms with Crippen LogP contribution in [0.3, 0.4) is 0 Å². The molecule has 0 aromatic carbocycles. The minimum absolute atomic E-state index is 0.382. The molecule has 14 heavy (non-hydrogen) atoms. The van der Waals surface area contributed by atoms with Crippen molar-refractivity contribution in [2.45, 2.75) is 13.8 Å². The molecule has 0 saturated carbocycles. The van der Waals surface area contributed by atoms with Crippen LogP contribution < -0.4 is 0 Å². The smallest absolute Gasteiger partial charge is 0.307 e. The number of carboxylic acid groups (broad SMARTS) is 2. The molecule has 0 aliphatic rings. The summed E-state index contributed by atoms with van der Waals surface area (Å²) in [5.74, 6) is -1.38. The fourth-order valence-electron chi connectivity index (χ4n) is 0.443. The normalized spacial score (nSPS) is 14.7. The van der Waals surface area contributed by atoms with Crippen LogP contribution in [0.4, 0.5) is 0 Å². The number of rotatable bonds is 7. The third kappa shape index (κ3) is 6.15. The van der Waals surface area contributed by atoms with E-state index in [4.69, 9.17) is 10.2 Å². The van der Waals surface area contributed by atoms with Crippen molar-refractivity contribution in [1.82, 2.24) is 0 Å². The summed E-state index contributed by atoms with van der Waals surface area (Å²) in [6.07, 6.45) is 0. The van der Waals surface area contributed by atoms with Gasteiger partial charge in [-0.2, -0.15) is 0 Å². The fourth-order valence-corrected chi connectivity index (χ4v) is 3.13. The van der Waals surface area contributed by atoms with Crippen molar-refractivity contribution in [3.8, 4) is 0 Å². The first kappa shape index (κ1) is 13.6. The van der Waals surface area contributed by atoms with E-state index in [1.165, 1.54) is 21.6 Å². The van der Waals surface area contributed by atoms with Crippen molar-refractivity contribution < 1.29 is 19.8 Å². The van der Waals surface area contributed by atoms with Gasteiger partial charge in [-0.15, -0.1) is 0 Å². The van der Waals surface area contributed by atoms with E-state index in [1.807, 2.05) is 0 Å². The van der Waals surface area contributed by atoms with Gasteiger partial charge in [0.1, 0.15) is 0 Å². The molecule has 6 heteroatoms. The van der Waals surface area contributed by atoms with Gasteiger partial charge in [0.2, 0.25) is 0 Å². The highest BCUT2D eigenvalue weighted by atomic mass is 33.1. The molecular formula is C8H14O4S2. The lowest BCUT2D eigenvalue weighted by atomic mass is 10.2. The number of carbonyl (C=O) groups is 2. The largest absolute Gasteiger partial charge is 0.481 e. The molecule has 0 saturated heterocycles. The predicted octanol–water partition coefficient (Wildman–Crippen LogP) is 1.81. The summed E-state index contributed by atoms with van der Waals surface area (Å²) in [4.78, 5) is 20.8. The summed E-state index contributed by atoms with van der Waals surface area (Å²) in [6, 6.07) is 0. The maximum Gasteiger partial charge on any atom is 0.307 e. The van der Waals surface area contributed by atoms with Crippen LogP contribution in [-0.2, 0) is 9.59 Å². The van der Waals surface area contributed by atoms with Gasteiger partial charge in [-0.1, -0.05) is 35.4 Å². The van der Waals surface area contributed by atoms with E-state index >= 15 is 0 Å². The topological polar surface area (TPSA) is 74.6 Å². The molecular weight excluding hydrogens is 224 g/mol. The monoisotopic (exact) mass is 238 g/mol. The van der Waals surface area contributed by atoms with Crippen molar-refractivity contribution in [3.05, 3.63) is 0 Å². The molecule has 82 valence electrons. The number of aliphatic carboxylic acids is 2. The fraction of sp³-hybridized carbons (Fsp3) is 0.750. The molecule has 0 aliphatic heterocycles. The van der Waals surface area contributed by atoms with Gasteiger partial charge >= 0.3 is 11.9 Å². The Labute approximate surface area is 90.9 Å². The van der Waals surface area contributed by atoms with Gasteiger partial charge < -0.3 is 10.2 Å². The van der Waals surface area contributed by atoms with E-state index in [0.29, 0.717) is 11.5 Å². The van der Waals surface area contributed by atoms with E-state index < -0.39 is 11.9 Å². The van der Waals surface area contributed by atoms with Gasteiger partial charge in [-0.3, -0.25) is 9.59 Å². The van der Waals surface area contributed by atoms with E-state index in [2.05, 4.69) is 0 Å². The Morgan fingerprint density at radius 1 is 1.00 bits per heavy atom. The second-order valence-electron chi connectivity index (χ2n) is 3.05. The molecule has 0 rings (SSSR count). The second-order valence-corrected chi connectivity index (χ2v) is 5.60. The van der Waals surface area contributed by atoms with E-state index in [0.717, 1.165) is 0 Å². The predicted molar refractivity (Wildman–Crippen MR) is 58.5 cm³/mol.